The van der Waals surface area contributed by atoms with Gasteiger partial charge >= 0.3 is 0 Å². The first-order valence-electron chi connectivity index (χ1n) is 12.6. The average Bonchev–Trinajstić information content (AvgIpc) is 2.78. The van der Waals surface area contributed by atoms with Gasteiger partial charge in [-0.1, -0.05) is 89.6 Å². The van der Waals surface area contributed by atoms with Crippen LogP contribution in [0.3, 0.4) is 0 Å². The van der Waals surface area contributed by atoms with Gasteiger partial charge in [0.25, 0.3) is 0 Å². The Balaban J connectivity index is 1.89. The van der Waals surface area contributed by atoms with Crippen molar-refractivity contribution in [2.75, 3.05) is 0 Å². The molecule has 0 amide bonds. The molecule has 0 saturated carbocycles. The van der Waals surface area contributed by atoms with Crippen LogP contribution in [-0.2, 0) is 25.7 Å². The number of hydrogen-bond acceptors (Lipinski definition) is 1. The third-order valence-electron chi connectivity index (χ3n) is 7.65. The number of hydrogen-bond donors (Lipinski definition) is 1. The summed E-state index contributed by atoms with van der Waals surface area (Å²) in [7, 11) is 0. The normalized spacial score (nSPS) is 15.6. The van der Waals surface area contributed by atoms with E-state index in [0.29, 0.717) is 0 Å². The molecule has 0 fully saturated rings. The zero-order valence-electron chi connectivity index (χ0n) is 21.4. The van der Waals surface area contributed by atoms with E-state index in [1.807, 2.05) is 6.08 Å². The molecule has 1 atom stereocenters. The Bertz CT molecular complexity index is 1050. The Morgan fingerprint density at radius 1 is 1.00 bits per heavy atom. The van der Waals surface area contributed by atoms with E-state index in [0.717, 1.165) is 19.3 Å². The third-order valence-corrected chi connectivity index (χ3v) is 8.38. The van der Waals surface area contributed by atoms with Crippen molar-refractivity contribution >= 4 is 24.3 Å². The van der Waals surface area contributed by atoms with Crippen LogP contribution in [0.2, 0.25) is 0 Å². The van der Waals surface area contributed by atoms with E-state index in [-0.39, 0.29) is 10.2 Å². The van der Waals surface area contributed by atoms with Gasteiger partial charge in [0.1, 0.15) is 0 Å². The molecule has 2 aromatic carbocycles. The van der Waals surface area contributed by atoms with E-state index in [4.69, 9.17) is 12.6 Å². The molecule has 0 N–H and O–H groups in total. The second-order valence-electron chi connectivity index (χ2n) is 10.6. The molecule has 1 unspecified atom stereocenters. The molecule has 1 heteroatoms. The topological polar surface area (TPSA) is 0 Å². The SMILES string of the molecule is C=CC(C)(C)C(C)(S)Cc1ccc2c(c1)CC(=C)C(c1ccc(CCCCC)cc1CC)=C2. The van der Waals surface area contributed by atoms with Gasteiger partial charge in [0, 0.05) is 4.75 Å². The van der Waals surface area contributed by atoms with Gasteiger partial charge < -0.3 is 0 Å². The molecule has 0 saturated heterocycles. The molecule has 2 aromatic rings. The van der Waals surface area contributed by atoms with E-state index in [9.17, 15) is 0 Å². The molecule has 3 rings (SSSR count). The molecule has 0 bridgehead atoms. The lowest BCUT2D eigenvalue weighted by molar-refractivity contribution is 0.350. The fraction of sp³-hybridized carbons (Fsp3) is 0.438. The minimum atomic E-state index is -0.162. The van der Waals surface area contributed by atoms with Gasteiger partial charge in [0.05, 0.1) is 0 Å². The van der Waals surface area contributed by atoms with E-state index >= 15 is 0 Å². The Kier molecular flexibility index (Phi) is 8.17. The average molecular weight is 459 g/mol. The predicted octanol–water partition coefficient (Wildman–Crippen LogP) is 9.08. The van der Waals surface area contributed by atoms with Crippen molar-refractivity contribution in [3.8, 4) is 0 Å². The van der Waals surface area contributed by atoms with Crippen molar-refractivity contribution in [1.29, 1.82) is 0 Å². The van der Waals surface area contributed by atoms with E-state index in [2.05, 4.69) is 90.3 Å². The molecule has 1 aliphatic rings. The fourth-order valence-corrected chi connectivity index (χ4v) is 4.97. The van der Waals surface area contributed by atoms with Gasteiger partial charge in [0.15, 0.2) is 0 Å². The lowest BCUT2D eigenvalue weighted by Gasteiger charge is -2.39. The molecule has 0 heterocycles. The summed E-state index contributed by atoms with van der Waals surface area (Å²) in [6.07, 6.45) is 12.3. The maximum absolute atomic E-state index is 5.02. The Morgan fingerprint density at radius 2 is 1.73 bits per heavy atom. The first kappa shape index (κ1) is 25.6. The van der Waals surface area contributed by atoms with Crippen molar-refractivity contribution < 1.29 is 0 Å². The lowest BCUT2D eigenvalue weighted by atomic mass is 9.75. The minimum Gasteiger partial charge on any atom is -0.172 e. The number of allylic oxidation sites excluding steroid dienone is 3. The summed E-state index contributed by atoms with van der Waals surface area (Å²) >= 11 is 5.02. The molecular formula is C32H42S. The number of fused-ring (bicyclic) bond motifs is 1. The fourth-order valence-electron chi connectivity index (χ4n) is 4.70. The quantitative estimate of drug-likeness (QED) is 0.205. The Hall–Kier alpha value is -1.99. The van der Waals surface area contributed by atoms with Crippen LogP contribution >= 0.6 is 12.6 Å². The third kappa shape index (κ3) is 5.75. The Labute approximate surface area is 208 Å². The maximum atomic E-state index is 5.02. The summed E-state index contributed by atoms with van der Waals surface area (Å²) in [4.78, 5) is 0. The predicted molar refractivity (Wildman–Crippen MR) is 151 cm³/mol. The van der Waals surface area contributed by atoms with Gasteiger partial charge in [-0.3, -0.25) is 0 Å². The first-order chi connectivity index (χ1) is 15.6. The maximum Gasteiger partial charge on any atom is 0.0227 e. The van der Waals surface area contributed by atoms with E-state index < -0.39 is 0 Å². The molecule has 0 aromatic heterocycles. The van der Waals surface area contributed by atoms with E-state index in [1.165, 1.54) is 70.2 Å². The molecule has 33 heavy (non-hydrogen) atoms. The van der Waals surface area contributed by atoms with Gasteiger partial charge in [0.2, 0.25) is 0 Å². The number of thiol groups is 1. The highest BCUT2D eigenvalue weighted by atomic mass is 32.1. The highest BCUT2D eigenvalue weighted by Crippen LogP contribution is 2.41. The van der Waals surface area contributed by atoms with Crippen LogP contribution < -0.4 is 0 Å². The molecule has 1 aliphatic carbocycles. The second-order valence-corrected chi connectivity index (χ2v) is 11.5. The zero-order chi connectivity index (χ0) is 24.2. The summed E-state index contributed by atoms with van der Waals surface area (Å²) in [5.74, 6) is 0. The highest BCUT2D eigenvalue weighted by Gasteiger charge is 2.35. The molecule has 176 valence electrons. The highest BCUT2D eigenvalue weighted by molar-refractivity contribution is 7.81. The van der Waals surface area contributed by atoms with Crippen LogP contribution in [0, 0.1) is 5.41 Å². The van der Waals surface area contributed by atoms with E-state index in [1.54, 1.807) is 0 Å². The number of aryl methyl sites for hydroxylation is 2. The summed E-state index contributed by atoms with van der Waals surface area (Å²) in [6, 6.07) is 14.0. The number of rotatable bonds is 10. The minimum absolute atomic E-state index is 0.0536. The van der Waals surface area contributed by atoms with Crippen LogP contribution in [0.15, 0.2) is 61.2 Å². The van der Waals surface area contributed by atoms with Gasteiger partial charge in [-0.15, -0.1) is 6.58 Å². The van der Waals surface area contributed by atoms with Crippen molar-refractivity contribution in [2.45, 2.75) is 84.3 Å². The van der Waals surface area contributed by atoms with Crippen LogP contribution in [0.25, 0.3) is 11.6 Å². The standard InChI is InChI=1S/C32H42S/c1-8-11-12-13-24-15-17-29(26(9-2)19-24)30-21-27-16-14-25(20-28(27)18-23(30)4)22-32(7,33)31(5,6)10-3/h10,14-17,19-21,33H,3-4,8-9,11-13,18,22H2,1-2,5-7H3. The van der Waals surface area contributed by atoms with Crippen molar-refractivity contribution in [3.05, 3.63) is 94.6 Å². The van der Waals surface area contributed by atoms with Crippen molar-refractivity contribution in [1.82, 2.24) is 0 Å². The summed E-state index contributed by atoms with van der Waals surface area (Å²) < 4.78 is -0.162. The molecule has 0 radical (unpaired) electrons. The monoisotopic (exact) mass is 458 g/mol. The molecular weight excluding hydrogens is 416 g/mol. The van der Waals surface area contributed by atoms with Gasteiger partial charge in [-0.2, -0.15) is 12.6 Å². The number of benzene rings is 2. The van der Waals surface area contributed by atoms with Crippen molar-refractivity contribution in [3.63, 3.8) is 0 Å². The Morgan fingerprint density at radius 3 is 2.39 bits per heavy atom. The zero-order valence-corrected chi connectivity index (χ0v) is 22.3. The largest absolute Gasteiger partial charge is 0.172 e. The molecule has 0 nitrogen and oxygen atoms in total. The summed E-state index contributed by atoms with van der Waals surface area (Å²) in [6.45, 7) is 19.7. The van der Waals surface area contributed by atoms with Crippen LogP contribution in [0.4, 0.5) is 0 Å². The summed E-state index contributed by atoms with van der Waals surface area (Å²) in [5, 5.41) is 0. The van der Waals surface area contributed by atoms with Crippen LogP contribution in [-0.4, -0.2) is 4.75 Å². The smallest absolute Gasteiger partial charge is 0.0227 e. The first-order valence-corrected chi connectivity index (χ1v) is 13.1. The van der Waals surface area contributed by atoms with Crippen molar-refractivity contribution in [2.24, 2.45) is 5.41 Å². The molecule has 0 spiro atoms. The van der Waals surface area contributed by atoms with Gasteiger partial charge in [-0.25, -0.2) is 0 Å². The van der Waals surface area contributed by atoms with Crippen LogP contribution in [0.5, 0.6) is 0 Å². The molecule has 0 aliphatic heterocycles. The second kappa shape index (κ2) is 10.5. The van der Waals surface area contributed by atoms with Crippen LogP contribution in [0.1, 0.15) is 87.3 Å². The lowest BCUT2D eigenvalue weighted by Crippen LogP contribution is -2.37. The van der Waals surface area contributed by atoms with Gasteiger partial charge in [-0.05, 0) is 95.0 Å². The number of unbranched alkanes of at least 4 members (excludes halogenated alkanes) is 2. The summed E-state index contributed by atoms with van der Waals surface area (Å²) in [5.41, 5.74) is 10.7.